The van der Waals surface area contributed by atoms with Crippen molar-refractivity contribution in [3.8, 4) is 0 Å². The zero-order chi connectivity index (χ0) is 22.9. The molecular formula is C24H31N3O4. The topological polar surface area (TPSA) is 96.5 Å². The van der Waals surface area contributed by atoms with Gasteiger partial charge in [-0.1, -0.05) is 51.1 Å². The maximum Gasteiger partial charge on any atom is 0.319 e. The van der Waals surface area contributed by atoms with Gasteiger partial charge >= 0.3 is 12.0 Å². The Hall–Kier alpha value is -3.35. The van der Waals surface area contributed by atoms with E-state index in [1.165, 1.54) is 7.11 Å². The van der Waals surface area contributed by atoms with E-state index in [-0.39, 0.29) is 42.3 Å². The molecular weight excluding hydrogens is 394 g/mol. The molecule has 0 aliphatic carbocycles. The van der Waals surface area contributed by atoms with Gasteiger partial charge in [0.25, 0.3) is 5.91 Å². The molecule has 0 saturated heterocycles. The Balaban J connectivity index is 1.94. The molecule has 31 heavy (non-hydrogen) atoms. The summed E-state index contributed by atoms with van der Waals surface area (Å²) in [5.74, 6) is -0.680. The van der Waals surface area contributed by atoms with Gasteiger partial charge in [0.15, 0.2) is 0 Å². The van der Waals surface area contributed by atoms with E-state index in [9.17, 15) is 14.4 Å². The summed E-state index contributed by atoms with van der Waals surface area (Å²) in [7, 11) is 1.30. The fourth-order valence-corrected chi connectivity index (χ4v) is 3.06. The molecule has 2 aromatic carbocycles. The lowest BCUT2D eigenvalue weighted by Gasteiger charge is -2.27. The first-order valence-corrected chi connectivity index (χ1v) is 10.3. The molecule has 1 unspecified atom stereocenters. The standard InChI is InChI=1S/C24H31N3O4/c1-24(2,3)16-20(17-8-6-5-7-9-17)27-23(30)26-19-12-10-18(11-13-19)22(29)25-15-14-21(28)31-4/h5-13,20H,14-16H2,1-4H3,(H,25,29)(H2,26,27,30). The highest BCUT2D eigenvalue weighted by atomic mass is 16.5. The van der Waals surface area contributed by atoms with Crippen LogP contribution in [0, 0.1) is 5.41 Å². The van der Waals surface area contributed by atoms with Crippen LogP contribution in [0.15, 0.2) is 54.6 Å². The van der Waals surface area contributed by atoms with Crippen LogP contribution in [0.25, 0.3) is 0 Å². The lowest BCUT2D eigenvalue weighted by atomic mass is 9.85. The van der Waals surface area contributed by atoms with Crippen LogP contribution < -0.4 is 16.0 Å². The Kier molecular flexibility index (Phi) is 8.61. The van der Waals surface area contributed by atoms with Gasteiger partial charge in [-0.25, -0.2) is 4.79 Å². The zero-order valence-electron chi connectivity index (χ0n) is 18.5. The lowest BCUT2D eigenvalue weighted by molar-refractivity contribution is -0.140. The Morgan fingerprint density at radius 3 is 2.19 bits per heavy atom. The van der Waals surface area contributed by atoms with E-state index in [1.807, 2.05) is 30.3 Å². The monoisotopic (exact) mass is 425 g/mol. The number of hydrogen-bond donors (Lipinski definition) is 3. The van der Waals surface area contributed by atoms with Crippen LogP contribution in [-0.2, 0) is 9.53 Å². The van der Waals surface area contributed by atoms with Gasteiger partial charge in [-0.2, -0.15) is 0 Å². The van der Waals surface area contributed by atoms with Crippen LogP contribution in [0.4, 0.5) is 10.5 Å². The van der Waals surface area contributed by atoms with Gasteiger partial charge in [0.1, 0.15) is 0 Å². The first-order chi connectivity index (χ1) is 14.7. The third-order valence-corrected chi connectivity index (χ3v) is 4.57. The first kappa shape index (κ1) is 23.9. The van der Waals surface area contributed by atoms with Crippen LogP contribution in [0.1, 0.15) is 55.6 Å². The summed E-state index contributed by atoms with van der Waals surface area (Å²) in [6.45, 7) is 6.61. The van der Waals surface area contributed by atoms with Crippen LogP contribution in [0.2, 0.25) is 0 Å². The van der Waals surface area contributed by atoms with Crippen molar-refractivity contribution in [1.82, 2.24) is 10.6 Å². The number of esters is 1. The second kappa shape index (κ2) is 11.2. The summed E-state index contributed by atoms with van der Waals surface area (Å²) in [5, 5.41) is 8.51. The quantitative estimate of drug-likeness (QED) is 0.550. The molecule has 7 nitrogen and oxygen atoms in total. The molecule has 0 aliphatic rings. The second-order valence-electron chi connectivity index (χ2n) is 8.49. The van der Waals surface area contributed by atoms with Crippen molar-refractivity contribution in [1.29, 1.82) is 0 Å². The molecule has 0 aromatic heterocycles. The highest BCUT2D eigenvalue weighted by Crippen LogP contribution is 2.29. The summed E-state index contributed by atoms with van der Waals surface area (Å²) in [4.78, 5) is 35.8. The Morgan fingerprint density at radius 2 is 1.61 bits per heavy atom. The fourth-order valence-electron chi connectivity index (χ4n) is 3.06. The van der Waals surface area contributed by atoms with E-state index in [2.05, 4.69) is 41.5 Å². The second-order valence-corrected chi connectivity index (χ2v) is 8.49. The number of rotatable bonds is 8. The summed E-state index contributed by atoms with van der Waals surface area (Å²) in [6.07, 6.45) is 0.897. The number of nitrogens with one attached hydrogen (secondary N) is 3. The van der Waals surface area contributed by atoms with Crippen molar-refractivity contribution >= 4 is 23.6 Å². The third kappa shape index (κ3) is 8.50. The molecule has 1 atom stereocenters. The maximum atomic E-state index is 12.6. The molecule has 3 N–H and O–H groups in total. The molecule has 0 saturated carbocycles. The Bertz CT molecular complexity index is 874. The van der Waals surface area contributed by atoms with Gasteiger partial charge in [-0.3, -0.25) is 9.59 Å². The van der Waals surface area contributed by atoms with Gasteiger partial charge < -0.3 is 20.7 Å². The van der Waals surface area contributed by atoms with Gasteiger partial charge in [-0.15, -0.1) is 0 Å². The zero-order valence-corrected chi connectivity index (χ0v) is 18.5. The van der Waals surface area contributed by atoms with Gasteiger partial charge in [-0.05, 0) is 41.7 Å². The number of ether oxygens (including phenoxy) is 1. The first-order valence-electron chi connectivity index (χ1n) is 10.3. The summed E-state index contributed by atoms with van der Waals surface area (Å²) >= 11 is 0. The number of anilines is 1. The molecule has 166 valence electrons. The van der Waals surface area contributed by atoms with Crippen molar-refractivity contribution in [3.05, 3.63) is 65.7 Å². The van der Waals surface area contributed by atoms with Crippen molar-refractivity contribution in [2.24, 2.45) is 5.41 Å². The van der Waals surface area contributed by atoms with E-state index >= 15 is 0 Å². The average Bonchev–Trinajstić information content (AvgIpc) is 2.73. The summed E-state index contributed by atoms with van der Waals surface area (Å²) in [5.41, 5.74) is 2.10. The highest BCUT2D eigenvalue weighted by molar-refractivity contribution is 5.95. The van der Waals surface area contributed by atoms with Crippen molar-refractivity contribution in [2.45, 2.75) is 39.7 Å². The molecule has 2 rings (SSSR count). The number of methoxy groups -OCH3 is 1. The van der Waals surface area contributed by atoms with Gasteiger partial charge in [0.2, 0.25) is 0 Å². The number of carbonyl (C=O) groups is 3. The van der Waals surface area contributed by atoms with Crippen molar-refractivity contribution in [2.75, 3.05) is 19.0 Å². The molecule has 3 amide bonds. The van der Waals surface area contributed by atoms with Crippen LogP contribution in [-0.4, -0.2) is 31.6 Å². The number of urea groups is 1. The molecule has 0 fully saturated rings. The fraction of sp³-hybridized carbons (Fsp3) is 0.375. The van der Waals surface area contributed by atoms with Crippen LogP contribution in [0.3, 0.4) is 0 Å². The molecule has 0 bridgehead atoms. The number of carbonyl (C=O) groups excluding carboxylic acids is 3. The average molecular weight is 426 g/mol. The number of benzene rings is 2. The number of amides is 3. The van der Waals surface area contributed by atoms with Crippen LogP contribution in [0.5, 0.6) is 0 Å². The van der Waals surface area contributed by atoms with Gasteiger partial charge in [0, 0.05) is 17.8 Å². The Morgan fingerprint density at radius 1 is 0.968 bits per heavy atom. The minimum atomic E-state index is -0.383. The van der Waals surface area contributed by atoms with Crippen molar-refractivity contribution < 1.29 is 19.1 Å². The predicted molar refractivity (Wildman–Crippen MR) is 121 cm³/mol. The minimum Gasteiger partial charge on any atom is -0.469 e. The largest absolute Gasteiger partial charge is 0.469 e. The van der Waals surface area contributed by atoms with Crippen molar-refractivity contribution in [3.63, 3.8) is 0 Å². The normalized spacial score (nSPS) is 11.9. The van der Waals surface area contributed by atoms with E-state index in [0.717, 1.165) is 12.0 Å². The van der Waals surface area contributed by atoms with E-state index in [0.29, 0.717) is 11.3 Å². The summed E-state index contributed by atoms with van der Waals surface area (Å²) < 4.78 is 4.54. The van der Waals surface area contributed by atoms with E-state index in [4.69, 9.17) is 0 Å². The molecule has 7 heteroatoms. The third-order valence-electron chi connectivity index (χ3n) is 4.57. The highest BCUT2D eigenvalue weighted by Gasteiger charge is 2.22. The van der Waals surface area contributed by atoms with E-state index in [1.54, 1.807) is 24.3 Å². The Labute approximate surface area is 183 Å². The number of hydrogen-bond acceptors (Lipinski definition) is 4. The maximum absolute atomic E-state index is 12.6. The molecule has 2 aromatic rings. The predicted octanol–water partition coefficient (Wildman–Crippen LogP) is 4.28. The molecule has 0 radical (unpaired) electrons. The minimum absolute atomic E-state index is 0.0384. The molecule has 0 heterocycles. The molecule has 0 aliphatic heterocycles. The van der Waals surface area contributed by atoms with Gasteiger partial charge in [0.05, 0.1) is 19.6 Å². The van der Waals surface area contributed by atoms with E-state index < -0.39 is 0 Å². The lowest BCUT2D eigenvalue weighted by Crippen LogP contribution is -2.34. The summed E-state index contributed by atoms with van der Waals surface area (Å²) in [6, 6.07) is 16.0. The smallest absolute Gasteiger partial charge is 0.319 e. The van der Waals surface area contributed by atoms with Crippen LogP contribution >= 0.6 is 0 Å². The SMILES string of the molecule is COC(=O)CCNC(=O)c1ccc(NC(=O)NC(CC(C)(C)C)c2ccccc2)cc1. The molecule has 0 spiro atoms.